The summed E-state index contributed by atoms with van der Waals surface area (Å²) in [4.78, 5) is 2.80. The number of allylic oxidation sites excluding steroid dienone is 8. The lowest BCUT2D eigenvalue weighted by Gasteiger charge is -2.25. The molecule has 1 aliphatic carbocycles. The molecule has 0 unspecified atom stereocenters. The molecule has 0 fully saturated rings. The molecule has 2 aliphatic heterocycles. The Morgan fingerprint density at radius 1 is 0.902 bits per heavy atom. The molecule has 0 N–H and O–H groups in total. The molecule has 4 aromatic carbocycles. The van der Waals surface area contributed by atoms with Gasteiger partial charge in [-0.3, -0.25) is 5.04 Å². The smallest absolute Gasteiger partial charge is 0.210 e. The third-order valence-electron chi connectivity index (χ3n) is 10.7. The fourth-order valence-electron chi connectivity index (χ4n) is 8.29. The van der Waals surface area contributed by atoms with Crippen LogP contribution in [0, 0.1) is 0 Å². The number of hydrogen-bond donors (Lipinski definition) is 0. The molecular weight excluding hydrogens is 704 g/mol. The van der Waals surface area contributed by atoms with Gasteiger partial charge >= 0.3 is 0 Å². The van der Waals surface area contributed by atoms with E-state index in [0.717, 1.165) is 96.6 Å². The van der Waals surface area contributed by atoms with Gasteiger partial charge in [0.05, 0.1) is 22.4 Å². The zero-order chi connectivity index (χ0) is 36.5. The Morgan fingerprint density at radius 3 is 2.35 bits per heavy atom. The van der Waals surface area contributed by atoms with Gasteiger partial charge in [-0.15, -0.1) is 0 Å². The SMILES string of the molecule is CN1C(=CC=C2CCCC(C=CC3=[N+](C)c4ccc5cc(S(=O)(=O)[O-])ccc5c4C3(C)C)=C2Cl)C(C)(C)c2c1ccc1cc(SOO[O-])ccc21. The molecule has 0 bridgehead atoms. The van der Waals surface area contributed by atoms with Crippen molar-refractivity contribution in [2.24, 2.45) is 0 Å². The van der Waals surface area contributed by atoms with Gasteiger partial charge in [-0.2, -0.15) is 8.91 Å². The summed E-state index contributed by atoms with van der Waals surface area (Å²) >= 11 is 8.04. The molecule has 0 atom stereocenters. The molecular formula is C40H38ClN2O6S2-. The van der Waals surface area contributed by atoms with Crippen LogP contribution in [0.25, 0.3) is 21.5 Å². The van der Waals surface area contributed by atoms with E-state index in [2.05, 4.69) is 96.1 Å². The molecule has 0 saturated carbocycles. The van der Waals surface area contributed by atoms with Crippen LogP contribution in [-0.4, -0.2) is 37.4 Å². The van der Waals surface area contributed by atoms with E-state index in [1.165, 1.54) is 23.4 Å². The van der Waals surface area contributed by atoms with Crippen LogP contribution in [-0.2, 0) is 30.3 Å². The Morgan fingerprint density at radius 2 is 1.61 bits per heavy atom. The molecule has 4 aromatic rings. The highest BCUT2D eigenvalue weighted by Crippen LogP contribution is 2.51. The highest BCUT2D eigenvalue weighted by atomic mass is 35.5. The van der Waals surface area contributed by atoms with Crippen LogP contribution >= 0.6 is 23.6 Å². The normalized spacial score (nSPS) is 20.1. The predicted molar refractivity (Wildman–Crippen MR) is 201 cm³/mol. The highest BCUT2D eigenvalue weighted by Gasteiger charge is 2.44. The van der Waals surface area contributed by atoms with Crippen molar-refractivity contribution in [3.63, 3.8) is 0 Å². The van der Waals surface area contributed by atoms with Gasteiger partial charge in [-0.25, -0.2) is 8.42 Å². The zero-order valence-corrected chi connectivity index (χ0v) is 31.6. The summed E-state index contributed by atoms with van der Waals surface area (Å²) in [6.45, 7) is 8.81. The summed E-state index contributed by atoms with van der Waals surface area (Å²) in [6.07, 6.45) is 11.4. The summed E-state index contributed by atoms with van der Waals surface area (Å²) in [5.74, 6) is 0. The van der Waals surface area contributed by atoms with Crippen molar-refractivity contribution in [1.82, 2.24) is 0 Å². The predicted octanol–water partition coefficient (Wildman–Crippen LogP) is 8.60. The van der Waals surface area contributed by atoms with Crippen LogP contribution in [0.15, 0.2) is 117 Å². The first kappa shape index (κ1) is 35.7. The summed E-state index contributed by atoms with van der Waals surface area (Å²) in [5.41, 5.74) is 8.30. The number of rotatable bonds is 7. The second kappa shape index (κ2) is 13.0. The number of nitrogens with zero attached hydrogens (tertiary/aromatic N) is 2. The molecule has 0 aromatic heterocycles. The van der Waals surface area contributed by atoms with Gasteiger partial charge in [0.25, 0.3) is 0 Å². The number of anilines is 1. The van der Waals surface area contributed by atoms with Crippen molar-refractivity contribution in [3.8, 4) is 0 Å². The third kappa shape index (κ3) is 6.06. The Balaban J connectivity index is 1.19. The van der Waals surface area contributed by atoms with Crippen molar-refractivity contribution in [3.05, 3.63) is 118 Å². The number of halogens is 1. The number of hydrogen-bond acceptors (Lipinski definition) is 8. The minimum Gasteiger partial charge on any atom is -0.744 e. The van der Waals surface area contributed by atoms with Gasteiger partial charge in [0.1, 0.15) is 17.2 Å². The van der Waals surface area contributed by atoms with E-state index < -0.39 is 10.1 Å². The standard InChI is InChI=1S/C40H39ClN2O6S2/c1-39(2)34(42(5)32-18-10-26-22-28(50-49-48-44)14-16-30(26)36(32)39)20-12-24-8-7-9-25(38(24)41)13-21-35-40(3,4)37-31-17-15-29(51(45,46)47)23-27(31)11-19-33(37)43(35)6/h10-23H,7-9H2,1-6H3,(H-,44,45,46,47)/p-1. The lowest BCUT2D eigenvalue weighted by Crippen LogP contribution is -2.27. The second-order valence-corrected chi connectivity index (χ2v) is 16.9. The van der Waals surface area contributed by atoms with Crippen molar-refractivity contribution < 1.29 is 32.2 Å². The summed E-state index contributed by atoms with van der Waals surface area (Å²) in [6, 6.07) is 18.7. The molecule has 11 heteroatoms. The first-order chi connectivity index (χ1) is 24.1. The van der Waals surface area contributed by atoms with Crippen LogP contribution in [0.4, 0.5) is 11.4 Å². The average Bonchev–Trinajstić information content (AvgIpc) is 3.41. The van der Waals surface area contributed by atoms with Gasteiger partial charge in [0.15, 0.2) is 5.71 Å². The Labute approximate surface area is 307 Å². The quantitative estimate of drug-likeness (QED) is 0.0610. The van der Waals surface area contributed by atoms with Gasteiger partial charge in [-0.05, 0) is 114 Å². The molecule has 0 radical (unpaired) electrons. The van der Waals surface area contributed by atoms with E-state index >= 15 is 0 Å². The van der Waals surface area contributed by atoms with E-state index in [0.29, 0.717) is 0 Å². The van der Waals surface area contributed by atoms with Gasteiger partial charge in [0.2, 0.25) is 5.69 Å². The first-order valence-electron chi connectivity index (χ1n) is 16.7. The molecule has 8 nitrogen and oxygen atoms in total. The molecule has 0 amide bonds. The maximum atomic E-state index is 11.7. The van der Waals surface area contributed by atoms with Gasteiger partial charge in [-0.1, -0.05) is 55.8 Å². The molecule has 7 rings (SSSR count). The van der Waals surface area contributed by atoms with Crippen LogP contribution in [0.5, 0.6) is 0 Å². The van der Waals surface area contributed by atoms with E-state index in [-0.39, 0.29) is 15.7 Å². The summed E-state index contributed by atoms with van der Waals surface area (Å²) < 4.78 is 41.8. The maximum Gasteiger partial charge on any atom is 0.210 e. The molecule has 264 valence electrons. The van der Waals surface area contributed by atoms with E-state index in [1.807, 2.05) is 31.3 Å². The lowest BCUT2D eigenvalue weighted by atomic mass is 9.78. The van der Waals surface area contributed by atoms with E-state index in [4.69, 9.17) is 11.6 Å². The topological polar surface area (TPSA) is 105 Å². The lowest BCUT2D eigenvalue weighted by molar-refractivity contribution is -0.777. The van der Waals surface area contributed by atoms with Crippen LogP contribution < -0.4 is 10.2 Å². The molecule has 0 spiro atoms. The van der Waals surface area contributed by atoms with Gasteiger partial charge < -0.3 is 14.7 Å². The first-order valence-corrected chi connectivity index (χ1v) is 19.2. The molecule has 3 aliphatic rings. The number of benzene rings is 4. The summed E-state index contributed by atoms with van der Waals surface area (Å²) in [7, 11) is -0.408. The van der Waals surface area contributed by atoms with Crippen molar-refractivity contribution in [2.45, 2.75) is 67.6 Å². The summed E-state index contributed by atoms with van der Waals surface area (Å²) in [5, 5.41) is 18.5. The minimum absolute atomic E-state index is 0.225. The second-order valence-electron chi connectivity index (χ2n) is 14.4. The van der Waals surface area contributed by atoms with Crippen molar-refractivity contribution in [2.75, 3.05) is 19.0 Å². The number of fused-ring (bicyclic) bond motifs is 6. The molecule has 2 heterocycles. The van der Waals surface area contributed by atoms with Crippen LogP contribution in [0.3, 0.4) is 0 Å². The minimum atomic E-state index is -4.55. The zero-order valence-electron chi connectivity index (χ0n) is 29.2. The van der Waals surface area contributed by atoms with E-state index in [9.17, 15) is 18.2 Å². The van der Waals surface area contributed by atoms with Crippen LogP contribution in [0.1, 0.15) is 58.1 Å². The molecule has 0 saturated heterocycles. The van der Waals surface area contributed by atoms with Crippen molar-refractivity contribution >= 4 is 72.4 Å². The van der Waals surface area contributed by atoms with Gasteiger partial charge in [0, 0.05) is 51.5 Å². The fourth-order valence-corrected chi connectivity index (χ4v) is 9.51. The Bertz CT molecular complexity index is 2410. The Hall–Kier alpha value is -3.74. The Kier molecular flexibility index (Phi) is 9.11. The average molecular weight is 742 g/mol. The number of likely N-dealkylation sites (N-methyl/N-ethyl adjacent to an activating group) is 1. The highest BCUT2D eigenvalue weighted by molar-refractivity contribution is 7.94. The fraction of sp³-hybridized carbons (Fsp3) is 0.275. The monoisotopic (exact) mass is 741 g/mol. The largest absolute Gasteiger partial charge is 0.744 e. The van der Waals surface area contributed by atoms with Crippen molar-refractivity contribution in [1.29, 1.82) is 0 Å². The van der Waals surface area contributed by atoms with Crippen LogP contribution in [0.2, 0.25) is 0 Å². The maximum absolute atomic E-state index is 11.7. The molecule has 51 heavy (non-hydrogen) atoms. The third-order valence-corrected chi connectivity index (χ3v) is 12.6. The van der Waals surface area contributed by atoms with E-state index in [1.54, 1.807) is 6.07 Å².